The molecule has 0 bridgehead atoms. The lowest BCUT2D eigenvalue weighted by molar-refractivity contribution is -0.260. The molecule has 1 aromatic rings. The second kappa shape index (κ2) is 6.36. The number of benzene rings is 1. The van der Waals surface area contributed by atoms with Crippen LogP contribution in [-0.4, -0.2) is 41.4 Å². The Bertz CT molecular complexity index is 383. The SMILES string of the molecule is CCN(Cc1ccccc1)CC(O)(CN)C(F)(F)F. The molecule has 0 spiro atoms. The van der Waals surface area contributed by atoms with E-state index in [1.807, 2.05) is 30.3 Å². The molecule has 0 aliphatic rings. The summed E-state index contributed by atoms with van der Waals surface area (Å²) in [7, 11) is 0. The predicted octanol–water partition coefficient (Wildman–Crippen LogP) is 1.76. The van der Waals surface area contributed by atoms with Crippen LogP contribution in [0.25, 0.3) is 0 Å². The van der Waals surface area contributed by atoms with Gasteiger partial charge < -0.3 is 10.8 Å². The van der Waals surface area contributed by atoms with Crippen molar-refractivity contribution in [2.45, 2.75) is 25.2 Å². The summed E-state index contributed by atoms with van der Waals surface area (Å²) < 4.78 is 38.4. The van der Waals surface area contributed by atoms with Crippen LogP contribution in [0.5, 0.6) is 0 Å². The number of halogens is 3. The Labute approximate surface area is 110 Å². The van der Waals surface area contributed by atoms with Gasteiger partial charge in [0.25, 0.3) is 0 Å². The van der Waals surface area contributed by atoms with Crippen LogP contribution < -0.4 is 5.73 Å². The molecule has 1 unspecified atom stereocenters. The van der Waals surface area contributed by atoms with Crippen molar-refractivity contribution in [1.82, 2.24) is 4.90 Å². The molecule has 0 heterocycles. The highest BCUT2D eigenvalue weighted by Crippen LogP contribution is 2.30. The van der Waals surface area contributed by atoms with Crippen LogP contribution in [0.4, 0.5) is 13.2 Å². The number of alkyl halides is 3. The number of hydrogen-bond acceptors (Lipinski definition) is 3. The van der Waals surface area contributed by atoms with E-state index in [-0.39, 0.29) is 0 Å². The molecule has 0 fully saturated rings. The molecular weight excluding hydrogens is 257 g/mol. The van der Waals surface area contributed by atoms with Gasteiger partial charge in [-0.05, 0) is 12.1 Å². The Balaban J connectivity index is 2.76. The van der Waals surface area contributed by atoms with Crippen LogP contribution in [0.3, 0.4) is 0 Å². The van der Waals surface area contributed by atoms with Crippen molar-refractivity contribution < 1.29 is 18.3 Å². The summed E-state index contributed by atoms with van der Waals surface area (Å²) in [5.74, 6) is 0. The fraction of sp³-hybridized carbons (Fsp3) is 0.538. The zero-order valence-corrected chi connectivity index (χ0v) is 10.8. The number of aliphatic hydroxyl groups is 1. The molecule has 0 radical (unpaired) electrons. The molecule has 108 valence electrons. The van der Waals surface area contributed by atoms with Crippen molar-refractivity contribution in [2.75, 3.05) is 19.6 Å². The first-order chi connectivity index (χ1) is 8.82. The fourth-order valence-electron chi connectivity index (χ4n) is 1.76. The summed E-state index contributed by atoms with van der Waals surface area (Å²) in [4.78, 5) is 1.52. The second-order valence-electron chi connectivity index (χ2n) is 4.52. The molecule has 0 aliphatic carbocycles. The predicted molar refractivity (Wildman–Crippen MR) is 67.5 cm³/mol. The van der Waals surface area contributed by atoms with Gasteiger partial charge in [0.2, 0.25) is 0 Å². The first kappa shape index (κ1) is 15.9. The van der Waals surface area contributed by atoms with E-state index in [1.165, 1.54) is 4.90 Å². The number of hydrogen-bond donors (Lipinski definition) is 2. The van der Waals surface area contributed by atoms with Crippen LogP contribution >= 0.6 is 0 Å². The normalized spacial score (nSPS) is 15.5. The van der Waals surface area contributed by atoms with Gasteiger partial charge in [-0.3, -0.25) is 4.90 Å². The average molecular weight is 276 g/mol. The third-order valence-corrected chi connectivity index (χ3v) is 3.05. The van der Waals surface area contributed by atoms with Crippen LogP contribution in [0.2, 0.25) is 0 Å². The van der Waals surface area contributed by atoms with Crippen LogP contribution in [0, 0.1) is 0 Å². The summed E-state index contributed by atoms with van der Waals surface area (Å²) in [6.45, 7) is 1.11. The monoisotopic (exact) mass is 276 g/mol. The highest BCUT2D eigenvalue weighted by atomic mass is 19.4. The first-order valence-electron chi connectivity index (χ1n) is 6.08. The van der Waals surface area contributed by atoms with Crippen LogP contribution in [-0.2, 0) is 6.54 Å². The van der Waals surface area contributed by atoms with Gasteiger partial charge >= 0.3 is 6.18 Å². The quantitative estimate of drug-likeness (QED) is 0.832. The van der Waals surface area contributed by atoms with Crippen LogP contribution in [0.1, 0.15) is 12.5 Å². The van der Waals surface area contributed by atoms with Gasteiger partial charge in [-0.2, -0.15) is 13.2 Å². The van der Waals surface area contributed by atoms with E-state index in [9.17, 15) is 18.3 Å². The minimum absolute atomic E-state index is 0.343. The van der Waals surface area contributed by atoms with Gasteiger partial charge in [-0.1, -0.05) is 37.3 Å². The Hall–Kier alpha value is -1.11. The smallest absolute Gasteiger partial charge is 0.378 e. The average Bonchev–Trinajstić information content (AvgIpc) is 2.37. The molecule has 3 N–H and O–H groups in total. The summed E-state index contributed by atoms with van der Waals surface area (Å²) in [6.07, 6.45) is -4.73. The molecule has 0 aliphatic heterocycles. The van der Waals surface area contributed by atoms with Crippen molar-refractivity contribution in [3.8, 4) is 0 Å². The van der Waals surface area contributed by atoms with Crippen LogP contribution in [0.15, 0.2) is 30.3 Å². The van der Waals surface area contributed by atoms with Gasteiger partial charge in [0.1, 0.15) is 0 Å². The lowest BCUT2D eigenvalue weighted by atomic mass is 10.0. The third-order valence-electron chi connectivity index (χ3n) is 3.05. The number of likely N-dealkylation sites (N-methyl/N-ethyl adjacent to an activating group) is 1. The molecule has 0 amide bonds. The molecule has 19 heavy (non-hydrogen) atoms. The molecule has 0 saturated heterocycles. The van der Waals surface area contributed by atoms with Gasteiger partial charge in [0.05, 0.1) is 0 Å². The minimum atomic E-state index is -4.73. The molecule has 1 rings (SSSR count). The maximum atomic E-state index is 12.8. The molecule has 0 saturated carbocycles. The minimum Gasteiger partial charge on any atom is -0.378 e. The Morgan fingerprint density at radius 3 is 2.21 bits per heavy atom. The van der Waals surface area contributed by atoms with E-state index in [2.05, 4.69) is 0 Å². The standard InChI is InChI=1S/C13H19F3N2O/c1-2-18(8-11-6-4-3-5-7-11)10-12(19,9-17)13(14,15)16/h3-7,19H,2,8-10,17H2,1H3. The molecule has 0 aromatic heterocycles. The van der Waals surface area contributed by atoms with E-state index >= 15 is 0 Å². The highest BCUT2D eigenvalue weighted by Gasteiger charge is 2.53. The molecule has 1 aromatic carbocycles. The van der Waals surface area contributed by atoms with Crippen molar-refractivity contribution in [2.24, 2.45) is 5.73 Å². The Morgan fingerprint density at radius 2 is 1.79 bits per heavy atom. The second-order valence-corrected chi connectivity index (χ2v) is 4.52. The maximum absolute atomic E-state index is 12.8. The number of rotatable bonds is 6. The van der Waals surface area contributed by atoms with Gasteiger partial charge in [0, 0.05) is 19.6 Å². The number of nitrogens with zero attached hydrogens (tertiary/aromatic N) is 1. The molecular formula is C13H19F3N2O. The van der Waals surface area contributed by atoms with Crippen molar-refractivity contribution in [1.29, 1.82) is 0 Å². The molecule has 1 atom stereocenters. The summed E-state index contributed by atoms with van der Waals surface area (Å²) in [5.41, 5.74) is 3.12. The van der Waals surface area contributed by atoms with Gasteiger partial charge in [-0.25, -0.2) is 0 Å². The van der Waals surface area contributed by atoms with Crippen molar-refractivity contribution in [3.05, 3.63) is 35.9 Å². The first-order valence-corrected chi connectivity index (χ1v) is 6.08. The van der Waals surface area contributed by atoms with E-state index in [0.29, 0.717) is 13.1 Å². The highest BCUT2D eigenvalue weighted by molar-refractivity contribution is 5.14. The number of nitrogens with two attached hydrogens (primary N) is 1. The van der Waals surface area contributed by atoms with Crippen molar-refractivity contribution in [3.63, 3.8) is 0 Å². The molecule has 6 heteroatoms. The van der Waals surface area contributed by atoms with E-state index in [0.717, 1.165) is 5.56 Å². The third kappa shape index (κ3) is 4.19. The largest absolute Gasteiger partial charge is 0.419 e. The zero-order valence-electron chi connectivity index (χ0n) is 10.8. The molecule has 3 nitrogen and oxygen atoms in total. The summed E-state index contributed by atoms with van der Waals surface area (Å²) >= 11 is 0. The van der Waals surface area contributed by atoms with E-state index in [4.69, 9.17) is 5.73 Å². The van der Waals surface area contributed by atoms with E-state index in [1.54, 1.807) is 6.92 Å². The van der Waals surface area contributed by atoms with Gasteiger partial charge in [-0.15, -0.1) is 0 Å². The lowest BCUT2D eigenvalue weighted by Crippen LogP contribution is -2.58. The Morgan fingerprint density at radius 1 is 1.21 bits per heavy atom. The van der Waals surface area contributed by atoms with Crippen molar-refractivity contribution >= 4 is 0 Å². The summed E-state index contributed by atoms with van der Waals surface area (Å²) in [6, 6.07) is 9.14. The topological polar surface area (TPSA) is 49.5 Å². The summed E-state index contributed by atoms with van der Waals surface area (Å²) in [5, 5.41) is 9.64. The van der Waals surface area contributed by atoms with E-state index < -0.39 is 24.9 Å². The Kier molecular flexibility index (Phi) is 5.34. The maximum Gasteiger partial charge on any atom is 0.419 e. The lowest BCUT2D eigenvalue weighted by Gasteiger charge is -2.34. The van der Waals surface area contributed by atoms with Gasteiger partial charge in [0.15, 0.2) is 5.60 Å². The fourth-order valence-corrected chi connectivity index (χ4v) is 1.76. The zero-order chi connectivity index (χ0) is 14.5.